The van der Waals surface area contributed by atoms with Crippen molar-refractivity contribution in [2.45, 2.75) is 51.7 Å². The number of rotatable bonds is 2. The highest BCUT2D eigenvalue weighted by Crippen LogP contribution is 2.31. The molecular formula is C16H20N2O3. The van der Waals surface area contributed by atoms with Crippen molar-refractivity contribution in [1.82, 2.24) is 0 Å². The van der Waals surface area contributed by atoms with Crippen molar-refractivity contribution < 1.29 is 14.3 Å². The maximum Gasteiger partial charge on any atom is 0.412 e. The monoisotopic (exact) mass is 288 g/mol. The molecule has 0 bridgehead atoms. The first-order valence-corrected chi connectivity index (χ1v) is 7.04. The smallest absolute Gasteiger partial charge is 0.412 e. The number of hydrogen-bond acceptors (Lipinski definition) is 4. The molecule has 1 unspecified atom stereocenters. The minimum Gasteiger partial charge on any atom is -0.489 e. The quantitative estimate of drug-likeness (QED) is 0.901. The molecule has 1 aromatic rings. The Hall–Kier alpha value is -2.22. The number of anilines is 1. The fourth-order valence-corrected chi connectivity index (χ4v) is 2.19. The maximum atomic E-state index is 11.7. The molecule has 1 aliphatic heterocycles. The van der Waals surface area contributed by atoms with Crippen LogP contribution in [0, 0.1) is 11.3 Å². The Labute approximate surface area is 124 Å². The van der Waals surface area contributed by atoms with E-state index in [9.17, 15) is 4.79 Å². The molecule has 0 spiro atoms. The molecule has 0 aromatic heterocycles. The molecule has 112 valence electrons. The van der Waals surface area contributed by atoms with Crippen LogP contribution in [0.1, 0.15) is 39.2 Å². The predicted octanol–water partition coefficient (Wildman–Crippen LogP) is 3.64. The van der Waals surface area contributed by atoms with Crippen LogP contribution in [0.2, 0.25) is 0 Å². The summed E-state index contributed by atoms with van der Waals surface area (Å²) >= 11 is 0. The highest BCUT2D eigenvalue weighted by Gasteiger charge is 2.21. The zero-order chi connectivity index (χ0) is 15.5. The number of aryl methyl sites for hydroxylation is 1. The summed E-state index contributed by atoms with van der Waals surface area (Å²) < 4.78 is 11.0. The van der Waals surface area contributed by atoms with E-state index in [4.69, 9.17) is 14.7 Å². The van der Waals surface area contributed by atoms with E-state index in [0.717, 1.165) is 24.2 Å². The first-order chi connectivity index (χ1) is 9.87. The van der Waals surface area contributed by atoms with Crippen LogP contribution in [-0.2, 0) is 11.2 Å². The van der Waals surface area contributed by atoms with Gasteiger partial charge in [-0.2, -0.15) is 5.26 Å². The summed E-state index contributed by atoms with van der Waals surface area (Å²) in [5.74, 6) is 0.788. The fraction of sp³-hybridized carbons (Fsp3) is 0.500. The van der Waals surface area contributed by atoms with Gasteiger partial charge in [0.2, 0.25) is 0 Å². The van der Waals surface area contributed by atoms with E-state index >= 15 is 0 Å². The first kappa shape index (κ1) is 15.2. The highest BCUT2D eigenvalue weighted by atomic mass is 16.6. The minimum absolute atomic E-state index is 0.0350. The van der Waals surface area contributed by atoms with Crippen LogP contribution in [0.15, 0.2) is 18.2 Å². The molecule has 1 aliphatic rings. The van der Waals surface area contributed by atoms with E-state index in [-0.39, 0.29) is 6.10 Å². The summed E-state index contributed by atoms with van der Waals surface area (Å²) in [5, 5.41) is 11.4. The van der Waals surface area contributed by atoms with Crippen LogP contribution in [0.5, 0.6) is 5.75 Å². The largest absolute Gasteiger partial charge is 0.489 e. The van der Waals surface area contributed by atoms with Gasteiger partial charge in [0, 0.05) is 5.69 Å². The average Bonchev–Trinajstić information content (AvgIpc) is 2.37. The first-order valence-electron chi connectivity index (χ1n) is 7.04. The van der Waals surface area contributed by atoms with Gasteiger partial charge in [-0.15, -0.1) is 0 Å². The number of fused-ring (bicyclic) bond motifs is 1. The number of nitriles is 1. The molecule has 2 rings (SSSR count). The van der Waals surface area contributed by atoms with Crippen LogP contribution >= 0.6 is 0 Å². The molecule has 1 N–H and O–H groups in total. The average molecular weight is 288 g/mol. The molecule has 5 heteroatoms. The van der Waals surface area contributed by atoms with Crippen molar-refractivity contribution in [3.8, 4) is 11.8 Å². The van der Waals surface area contributed by atoms with Gasteiger partial charge in [0.15, 0.2) is 0 Å². The second-order valence-electron chi connectivity index (χ2n) is 6.09. The van der Waals surface area contributed by atoms with Crippen LogP contribution in [0.3, 0.4) is 0 Å². The molecule has 0 radical (unpaired) electrons. The van der Waals surface area contributed by atoms with Crippen LogP contribution < -0.4 is 10.1 Å². The molecule has 5 nitrogen and oxygen atoms in total. The van der Waals surface area contributed by atoms with Gasteiger partial charge in [-0.05, 0) is 57.4 Å². The molecule has 0 saturated heterocycles. The summed E-state index contributed by atoms with van der Waals surface area (Å²) in [7, 11) is 0. The fourth-order valence-electron chi connectivity index (χ4n) is 2.19. The van der Waals surface area contributed by atoms with Crippen molar-refractivity contribution in [3.05, 3.63) is 23.8 Å². The van der Waals surface area contributed by atoms with Gasteiger partial charge < -0.3 is 9.47 Å². The number of carbonyl (C=O) groups is 1. The van der Waals surface area contributed by atoms with Crippen LogP contribution in [-0.4, -0.2) is 17.8 Å². The lowest BCUT2D eigenvalue weighted by Gasteiger charge is -2.25. The number of amides is 1. The normalized spacial score (nSPS) is 17.1. The van der Waals surface area contributed by atoms with Crippen LogP contribution in [0.25, 0.3) is 0 Å². The van der Waals surface area contributed by atoms with Gasteiger partial charge >= 0.3 is 6.09 Å². The lowest BCUT2D eigenvalue weighted by Crippen LogP contribution is -2.27. The number of nitrogens with zero attached hydrogens (tertiary/aromatic N) is 1. The number of benzene rings is 1. The second-order valence-corrected chi connectivity index (χ2v) is 6.09. The van der Waals surface area contributed by atoms with E-state index in [1.165, 1.54) is 0 Å². The lowest BCUT2D eigenvalue weighted by atomic mass is 10.0. The summed E-state index contributed by atoms with van der Waals surface area (Å²) in [6.45, 7) is 5.47. The van der Waals surface area contributed by atoms with Gasteiger partial charge in [-0.25, -0.2) is 4.79 Å². The lowest BCUT2D eigenvalue weighted by molar-refractivity contribution is 0.0636. The molecule has 21 heavy (non-hydrogen) atoms. The standard InChI is InChI=1S/C16H20N2O3/c1-16(2,3)21-15(19)18-12-5-7-14-11(10-12)4-6-13(20-14)8-9-17/h5,7,10,13H,4,6,8H2,1-3H3,(H,18,19). The zero-order valence-electron chi connectivity index (χ0n) is 12.6. The Morgan fingerprint density at radius 3 is 2.95 bits per heavy atom. The van der Waals surface area contributed by atoms with E-state index in [2.05, 4.69) is 11.4 Å². The van der Waals surface area contributed by atoms with Gasteiger partial charge in [0.25, 0.3) is 0 Å². The SMILES string of the molecule is CC(C)(C)OC(=O)Nc1ccc2c(c1)CCC(CC#N)O2. The van der Waals surface area contributed by atoms with E-state index < -0.39 is 11.7 Å². The maximum absolute atomic E-state index is 11.7. The van der Waals surface area contributed by atoms with Crippen molar-refractivity contribution in [3.63, 3.8) is 0 Å². The van der Waals surface area contributed by atoms with Crippen LogP contribution in [0.4, 0.5) is 10.5 Å². The van der Waals surface area contributed by atoms with Gasteiger partial charge in [-0.1, -0.05) is 0 Å². The van der Waals surface area contributed by atoms with E-state index in [1.807, 2.05) is 32.9 Å². The number of hydrogen-bond donors (Lipinski definition) is 1. The minimum atomic E-state index is -0.522. The Morgan fingerprint density at radius 1 is 1.52 bits per heavy atom. The molecule has 1 heterocycles. The van der Waals surface area contributed by atoms with Gasteiger partial charge in [0.05, 0.1) is 12.5 Å². The third-order valence-corrected chi connectivity index (χ3v) is 3.05. The Morgan fingerprint density at radius 2 is 2.29 bits per heavy atom. The predicted molar refractivity (Wildman–Crippen MR) is 79.3 cm³/mol. The molecule has 1 amide bonds. The zero-order valence-corrected chi connectivity index (χ0v) is 12.6. The van der Waals surface area contributed by atoms with E-state index in [1.54, 1.807) is 6.07 Å². The number of nitrogens with one attached hydrogen (secondary N) is 1. The molecule has 0 saturated carbocycles. The number of carbonyl (C=O) groups excluding carboxylic acids is 1. The van der Waals surface area contributed by atoms with Gasteiger partial charge in [-0.3, -0.25) is 5.32 Å². The Balaban J connectivity index is 2.02. The molecule has 1 atom stereocenters. The topological polar surface area (TPSA) is 71.3 Å². The Bertz CT molecular complexity index is 570. The molecule has 0 fully saturated rings. The summed E-state index contributed by atoms with van der Waals surface area (Å²) in [6.07, 6.45) is 1.55. The second kappa shape index (κ2) is 6.04. The van der Waals surface area contributed by atoms with Gasteiger partial charge in [0.1, 0.15) is 17.5 Å². The number of ether oxygens (including phenoxy) is 2. The molecule has 0 aliphatic carbocycles. The summed E-state index contributed by atoms with van der Waals surface area (Å²) in [6, 6.07) is 7.62. The third kappa shape index (κ3) is 4.38. The summed E-state index contributed by atoms with van der Waals surface area (Å²) in [5.41, 5.74) is 1.20. The van der Waals surface area contributed by atoms with Crippen molar-refractivity contribution in [2.75, 3.05) is 5.32 Å². The van der Waals surface area contributed by atoms with Crippen molar-refractivity contribution >= 4 is 11.8 Å². The highest BCUT2D eigenvalue weighted by molar-refractivity contribution is 5.85. The summed E-state index contributed by atoms with van der Waals surface area (Å²) in [4.78, 5) is 11.7. The van der Waals surface area contributed by atoms with E-state index in [0.29, 0.717) is 12.1 Å². The third-order valence-electron chi connectivity index (χ3n) is 3.05. The molecule has 1 aromatic carbocycles. The van der Waals surface area contributed by atoms with Crippen molar-refractivity contribution in [2.24, 2.45) is 0 Å². The van der Waals surface area contributed by atoms with Crippen molar-refractivity contribution in [1.29, 1.82) is 5.26 Å². The Kier molecular flexibility index (Phi) is 4.37. The molecular weight excluding hydrogens is 268 g/mol.